The molecule has 5 heteroatoms. The Morgan fingerprint density at radius 2 is 1.73 bits per heavy atom. The van der Waals surface area contributed by atoms with Gasteiger partial charge in [0.15, 0.2) is 9.84 Å². The molecular formula is C21H32O4S. The standard InChI is InChI=1S/C21H32O4S/c1-17(2)26(23,24)15-7-3-4-8-19(22)16-18-11-13-21(14-12-18)25-20-9-5-6-10-20/h11-14,17,20H,3-10,15-16H2,1-2H3. The van der Waals surface area contributed by atoms with Crippen LogP contribution in [0.15, 0.2) is 24.3 Å². The lowest BCUT2D eigenvalue weighted by Crippen LogP contribution is -2.17. The summed E-state index contributed by atoms with van der Waals surface area (Å²) >= 11 is 0. The van der Waals surface area contributed by atoms with Crippen LogP contribution in [0.25, 0.3) is 0 Å². The fourth-order valence-electron chi connectivity index (χ4n) is 3.24. The van der Waals surface area contributed by atoms with Crippen molar-refractivity contribution in [2.45, 2.75) is 83.0 Å². The minimum absolute atomic E-state index is 0.209. The monoisotopic (exact) mass is 380 g/mol. The molecule has 1 saturated carbocycles. The van der Waals surface area contributed by atoms with Crippen LogP contribution in [0.1, 0.15) is 70.8 Å². The van der Waals surface area contributed by atoms with Crippen molar-refractivity contribution in [2.75, 3.05) is 5.75 Å². The van der Waals surface area contributed by atoms with E-state index in [0.717, 1.165) is 37.0 Å². The summed E-state index contributed by atoms with van der Waals surface area (Å²) in [6.07, 6.45) is 8.26. The van der Waals surface area contributed by atoms with E-state index >= 15 is 0 Å². The van der Waals surface area contributed by atoms with E-state index in [0.29, 0.717) is 25.4 Å². The molecule has 1 aromatic carbocycles. The van der Waals surface area contributed by atoms with Crippen LogP contribution in [0.5, 0.6) is 5.75 Å². The number of ether oxygens (including phenoxy) is 1. The van der Waals surface area contributed by atoms with E-state index in [1.54, 1.807) is 13.8 Å². The molecule has 0 heterocycles. The molecule has 26 heavy (non-hydrogen) atoms. The van der Waals surface area contributed by atoms with Crippen molar-refractivity contribution < 1.29 is 17.9 Å². The van der Waals surface area contributed by atoms with Gasteiger partial charge in [0.05, 0.1) is 17.1 Å². The quantitative estimate of drug-likeness (QED) is 0.530. The molecule has 0 spiro atoms. The molecule has 0 aliphatic heterocycles. The molecule has 0 saturated heterocycles. The third-order valence-electron chi connectivity index (χ3n) is 5.03. The predicted octanol–water partition coefficient (Wildman–Crippen LogP) is 4.50. The summed E-state index contributed by atoms with van der Waals surface area (Å²) in [4.78, 5) is 12.1. The van der Waals surface area contributed by atoms with Crippen LogP contribution in [0.2, 0.25) is 0 Å². The Morgan fingerprint density at radius 1 is 1.08 bits per heavy atom. The third kappa shape index (κ3) is 7.10. The van der Waals surface area contributed by atoms with Crippen LogP contribution in [0.3, 0.4) is 0 Å². The van der Waals surface area contributed by atoms with Crippen LogP contribution in [0, 0.1) is 0 Å². The van der Waals surface area contributed by atoms with E-state index in [1.165, 1.54) is 12.8 Å². The van der Waals surface area contributed by atoms with Crippen molar-refractivity contribution in [3.8, 4) is 5.75 Å². The first kappa shape index (κ1) is 20.9. The number of rotatable bonds is 11. The molecule has 1 aliphatic carbocycles. The maximum Gasteiger partial charge on any atom is 0.152 e. The number of benzene rings is 1. The van der Waals surface area contributed by atoms with Gasteiger partial charge in [0.1, 0.15) is 11.5 Å². The Hall–Kier alpha value is -1.36. The summed E-state index contributed by atoms with van der Waals surface area (Å²) in [5.74, 6) is 1.32. The summed E-state index contributed by atoms with van der Waals surface area (Å²) in [6.45, 7) is 3.42. The van der Waals surface area contributed by atoms with E-state index in [9.17, 15) is 13.2 Å². The number of sulfone groups is 1. The molecule has 0 amide bonds. The summed E-state index contributed by atoms with van der Waals surface area (Å²) in [7, 11) is -2.96. The highest BCUT2D eigenvalue weighted by Gasteiger charge is 2.17. The highest BCUT2D eigenvalue weighted by atomic mass is 32.2. The van der Waals surface area contributed by atoms with Crippen LogP contribution < -0.4 is 4.74 Å². The fourth-order valence-corrected chi connectivity index (χ4v) is 4.32. The molecule has 0 N–H and O–H groups in total. The number of hydrogen-bond acceptors (Lipinski definition) is 4. The lowest BCUT2D eigenvalue weighted by atomic mass is 10.0. The third-order valence-corrected chi connectivity index (χ3v) is 7.33. The number of carbonyl (C=O) groups excluding carboxylic acids is 1. The highest BCUT2D eigenvalue weighted by Crippen LogP contribution is 2.24. The van der Waals surface area contributed by atoms with E-state index < -0.39 is 9.84 Å². The van der Waals surface area contributed by atoms with Gasteiger partial charge in [-0.3, -0.25) is 4.79 Å². The van der Waals surface area contributed by atoms with Gasteiger partial charge in [-0.05, 0) is 70.1 Å². The summed E-state index contributed by atoms with van der Waals surface area (Å²) in [5.41, 5.74) is 1.01. The van der Waals surface area contributed by atoms with E-state index in [2.05, 4.69) is 0 Å². The van der Waals surface area contributed by atoms with Gasteiger partial charge >= 0.3 is 0 Å². The molecule has 1 aliphatic rings. The zero-order valence-electron chi connectivity index (χ0n) is 16.1. The average molecular weight is 381 g/mol. The predicted molar refractivity (Wildman–Crippen MR) is 105 cm³/mol. The zero-order valence-corrected chi connectivity index (χ0v) is 16.9. The second-order valence-corrected chi connectivity index (χ2v) is 10.3. The summed E-state index contributed by atoms with van der Waals surface area (Å²) < 4.78 is 29.4. The zero-order chi connectivity index (χ0) is 19.0. The molecule has 1 aromatic rings. The van der Waals surface area contributed by atoms with Gasteiger partial charge in [-0.2, -0.15) is 0 Å². The lowest BCUT2D eigenvalue weighted by Gasteiger charge is -2.13. The first-order chi connectivity index (χ1) is 12.4. The Kier molecular flexibility index (Phi) is 8.14. The van der Waals surface area contributed by atoms with Crippen LogP contribution >= 0.6 is 0 Å². The van der Waals surface area contributed by atoms with E-state index in [1.807, 2.05) is 24.3 Å². The highest BCUT2D eigenvalue weighted by molar-refractivity contribution is 7.91. The molecule has 0 aromatic heterocycles. The number of ketones is 1. The molecule has 146 valence electrons. The minimum atomic E-state index is -2.96. The maximum absolute atomic E-state index is 12.1. The Balaban J connectivity index is 1.64. The second-order valence-electron chi connectivity index (χ2n) is 7.61. The van der Waals surface area contributed by atoms with Crippen molar-refractivity contribution in [1.29, 1.82) is 0 Å². The fraction of sp³-hybridized carbons (Fsp3) is 0.667. The van der Waals surface area contributed by atoms with Gasteiger partial charge in [0, 0.05) is 12.8 Å². The van der Waals surface area contributed by atoms with E-state index in [4.69, 9.17) is 4.74 Å². The SMILES string of the molecule is CC(C)S(=O)(=O)CCCCCC(=O)Cc1ccc(OC2CCCC2)cc1. The largest absolute Gasteiger partial charge is 0.490 e. The topological polar surface area (TPSA) is 60.4 Å². The second kappa shape index (κ2) is 10.1. The maximum atomic E-state index is 12.1. The van der Waals surface area contributed by atoms with Crippen molar-refractivity contribution >= 4 is 15.6 Å². The molecule has 1 fully saturated rings. The minimum Gasteiger partial charge on any atom is -0.490 e. The molecule has 0 atom stereocenters. The van der Waals surface area contributed by atoms with Crippen LogP contribution in [-0.4, -0.2) is 31.3 Å². The van der Waals surface area contributed by atoms with Gasteiger partial charge in [-0.15, -0.1) is 0 Å². The molecule has 2 rings (SSSR count). The van der Waals surface area contributed by atoms with Crippen LogP contribution in [-0.2, 0) is 21.1 Å². The van der Waals surface area contributed by atoms with Crippen molar-refractivity contribution in [2.24, 2.45) is 0 Å². The van der Waals surface area contributed by atoms with Gasteiger partial charge in [-0.25, -0.2) is 8.42 Å². The Bertz CT molecular complexity index is 656. The molecule has 4 nitrogen and oxygen atoms in total. The van der Waals surface area contributed by atoms with Crippen LogP contribution in [0.4, 0.5) is 0 Å². The molecule has 0 unspecified atom stereocenters. The van der Waals surface area contributed by atoms with Gasteiger partial charge < -0.3 is 4.74 Å². The van der Waals surface area contributed by atoms with Gasteiger partial charge in [0.2, 0.25) is 0 Å². The number of Topliss-reactive ketones (excluding diaryl/α,β-unsaturated/α-hetero) is 1. The van der Waals surface area contributed by atoms with Crippen molar-refractivity contribution in [3.63, 3.8) is 0 Å². The number of hydrogen-bond donors (Lipinski definition) is 0. The van der Waals surface area contributed by atoms with Gasteiger partial charge in [-0.1, -0.05) is 18.6 Å². The van der Waals surface area contributed by atoms with Crippen molar-refractivity contribution in [3.05, 3.63) is 29.8 Å². The Morgan fingerprint density at radius 3 is 2.35 bits per heavy atom. The number of unbranched alkanes of at least 4 members (excludes halogenated alkanes) is 2. The summed E-state index contributed by atoms with van der Waals surface area (Å²) in [5, 5.41) is -0.315. The average Bonchev–Trinajstić information content (AvgIpc) is 3.09. The Labute approximate surface area is 158 Å². The smallest absolute Gasteiger partial charge is 0.152 e. The lowest BCUT2D eigenvalue weighted by molar-refractivity contribution is -0.118. The van der Waals surface area contributed by atoms with Gasteiger partial charge in [0.25, 0.3) is 0 Å². The molecular weight excluding hydrogens is 348 g/mol. The molecule has 0 bridgehead atoms. The number of carbonyl (C=O) groups is 1. The first-order valence-electron chi connectivity index (χ1n) is 9.85. The van der Waals surface area contributed by atoms with E-state index in [-0.39, 0.29) is 16.8 Å². The normalized spacial score (nSPS) is 15.5. The first-order valence-corrected chi connectivity index (χ1v) is 11.6. The van der Waals surface area contributed by atoms with Crippen molar-refractivity contribution in [1.82, 2.24) is 0 Å². The summed E-state index contributed by atoms with van der Waals surface area (Å²) in [6, 6.07) is 7.85. The molecule has 0 radical (unpaired) electrons.